The van der Waals surface area contributed by atoms with Crippen LogP contribution in [0.25, 0.3) is 22.5 Å². The number of aliphatic hydroxyl groups is 1. The highest BCUT2D eigenvalue weighted by Gasteiger charge is 2.15. The minimum Gasteiger partial charge on any atom is -0.472 e. The number of H-pyrrole nitrogens is 1. The van der Waals surface area contributed by atoms with Gasteiger partial charge in [0, 0.05) is 29.7 Å². The van der Waals surface area contributed by atoms with Crippen LogP contribution in [-0.2, 0) is 26.1 Å². The number of aryl methyl sites for hydroxylation is 2. The first-order valence-electron chi connectivity index (χ1n) is 13.7. The molecule has 0 aliphatic heterocycles. The van der Waals surface area contributed by atoms with E-state index in [2.05, 4.69) is 57.9 Å². The van der Waals surface area contributed by atoms with Crippen LogP contribution in [0.5, 0.6) is 5.88 Å². The second-order valence-corrected chi connectivity index (χ2v) is 9.90. The molecule has 0 spiro atoms. The van der Waals surface area contributed by atoms with E-state index in [0.717, 1.165) is 76.1 Å². The number of aromatic amines is 1. The molecule has 0 radical (unpaired) electrons. The summed E-state index contributed by atoms with van der Waals surface area (Å²) < 4.78 is 6.37. The van der Waals surface area contributed by atoms with Crippen LogP contribution in [-0.4, -0.2) is 35.7 Å². The Morgan fingerprint density at radius 2 is 1.55 bits per heavy atom. The highest BCUT2D eigenvalue weighted by molar-refractivity contribution is 5.80. The van der Waals surface area contributed by atoms with E-state index < -0.39 is 0 Å². The molecule has 0 saturated heterocycles. The van der Waals surface area contributed by atoms with Crippen LogP contribution in [0.3, 0.4) is 0 Å². The van der Waals surface area contributed by atoms with E-state index in [1.807, 2.05) is 49.4 Å². The maximum Gasteiger partial charge on any atom is 0.220 e. The molecule has 2 N–H and O–H groups in total. The number of rotatable bonds is 12. The largest absolute Gasteiger partial charge is 0.472 e. The number of unbranched alkanes of at least 4 members (excludes halogenated alkanes) is 2. The minimum absolute atomic E-state index is 0.0326. The Labute approximate surface area is 234 Å². The topological polar surface area (TPSA) is 110 Å². The predicted octanol–water partition coefficient (Wildman–Crippen LogP) is 6.03. The first-order chi connectivity index (χ1) is 19.6. The Morgan fingerprint density at radius 1 is 0.825 bits per heavy atom. The molecule has 3 aromatic carbocycles. The highest BCUT2D eigenvalue weighted by atomic mass is 16.5. The average molecular weight is 535 g/mol. The third kappa shape index (κ3) is 6.58. The lowest BCUT2D eigenvalue weighted by atomic mass is 9.98. The van der Waals surface area contributed by atoms with E-state index in [1.54, 1.807) is 0 Å². The van der Waals surface area contributed by atoms with Gasteiger partial charge in [-0.25, -0.2) is 10.1 Å². The van der Waals surface area contributed by atoms with Crippen molar-refractivity contribution >= 4 is 0 Å². The molecule has 5 aromatic rings. The van der Waals surface area contributed by atoms with E-state index in [-0.39, 0.29) is 6.61 Å². The molecule has 0 aliphatic rings. The van der Waals surface area contributed by atoms with Crippen molar-refractivity contribution in [1.29, 1.82) is 0 Å². The van der Waals surface area contributed by atoms with Gasteiger partial charge < -0.3 is 9.84 Å². The molecule has 0 fully saturated rings. The van der Waals surface area contributed by atoms with Gasteiger partial charge >= 0.3 is 0 Å². The molecular formula is C32H34N6O2. The molecule has 40 heavy (non-hydrogen) atoms. The standard InChI is InChI=1S/C32H34N6O2/c1-3-4-5-10-30-33-22(2)29(19-23-11-13-24(20-39)14-12-23)32(34-30)40-21-25-15-17-26(18-16-25)27-8-6-7-9-28(27)31-35-37-38-36-31/h6-9,11-18,39H,3-5,10,19-21H2,1-2H3,(H,35,36,37,38). The molecule has 2 aromatic heterocycles. The average Bonchev–Trinajstić information content (AvgIpc) is 3.53. The third-order valence-electron chi connectivity index (χ3n) is 6.98. The summed E-state index contributed by atoms with van der Waals surface area (Å²) in [4.78, 5) is 9.68. The molecule has 0 saturated carbocycles. The Morgan fingerprint density at radius 3 is 2.25 bits per heavy atom. The van der Waals surface area contributed by atoms with E-state index in [1.165, 1.54) is 0 Å². The number of aliphatic hydroxyl groups excluding tert-OH is 1. The summed E-state index contributed by atoms with van der Waals surface area (Å²) in [6.45, 7) is 4.66. The van der Waals surface area contributed by atoms with Crippen molar-refractivity contribution in [2.24, 2.45) is 0 Å². The molecule has 2 heterocycles. The number of benzene rings is 3. The second kappa shape index (κ2) is 13.1. The molecule has 204 valence electrons. The zero-order valence-electron chi connectivity index (χ0n) is 23.0. The smallest absolute Gasteiger partial charge is 0.220 e. The van der Waals surface area contributed by atoms with Crippen molar-refractivity contribution in [3.05, 3.63) is 107 Å². The molecular weight excluding hydrogens is 500 g/mol. The summed E-state index contributed by atoms with van der Waals surface area (Å²) in [6, 6.07) is 24.4. The van der Waals surface area contributed by atoms with Gasteiger partial charge in [0.25, 0.3) is 0 Å². The summed E-state index contributed by atoms with van der Waals surface area (Å²) in [5, 5.41) is 23.8. The monoisotopic (exact) mass is 534 g/mol. The van der Waals surface area contributed by atoms with Crippen LogP contribution in [0.1, 0.15) is 60.0 Å². The molecule has 8 nitrogen and oxygen atoms in total. The Balaban J connectivity index is 1.36. The first kappa shape index (κ1) is 27.1. The number of hydrogen-bond donors (Lipinski definition) is 2. The molecule has 0 amide bonds. The Hall–Kier alpha value is -4.43. The van der Waals surface area contributed by atoms with E-state index in [9.17, 15) is 5.11 Å². The highest BCUT2D eigenvalue weighted by Crippen LogP contribution is 2.30. The van der Waals surface area contributed by atoms with Gasteiger partial charge in [0.15, 0.2) is 5.82 Å². The maximum atomic E-state index is 9.39. The van der Waals surface area contributed by atoms with Crippen molar-refractivity contribution in [2.75, 3.05) is 0 Å². The molecule has 0 bridgehead atoms. The predicted molar refractivity (Wildman–Crippen MR) is 155 cm³/mol. The maximum absolute atomic E-state index is 9.39. The van der Waals surface area contributed by atoms with Crippen molar-refractivity contribution < 1.29 is 9.84 Å². The molecule has 0 atom stereocenters. The lowest BCUT2D eigenvalue weighted by molar-refractivity contribution is 0.282. The molecule has 8 heteroatoms. The fourth-order valence-corrected chi connectivity index (χ4v) is 4.71. The van der Waals surface area contributed by atoms with Gasteiger partial charge in [-0.2, -0.15) is 4.98 Å². The van der Waals surface area contributed by atoms with E-state index in [0.29, 0.717) is 24.7 Å². The zero-order chi connectivity index (χ0) is 27.7. The van der Waals surface area contributed by atoms with Gasteiger partial charge in [-0.05, 0) is 51.6 Å². The number of nitrogens with zero attached hydrogens (tertiary/aromatic N) is 5. The zero-order valence-corrected chi connectivity index (χ0v) is 23.0. The Bertz CT molecular complexity index is 1520. The van der Waals surface area contributed by atoms with Gasteiger partial charge in [0.1, 0.15) is 12.4 Å². The van der Waals surface area contributed by atoms with Crippen LogP contribution in [0.2, 0.25) is 0 Å². The minimum atomic E-state index is 0.0326. The fraction of sp³-hybridized carbons (Fsp3) is 0.281. The summed E-state index contributed by atoms with van der Waals surface area (Å²) in [5.74, 6) is 2.10. The SMILES string of the molecule is CCCCCc1nc(C)c(Cc2ccc(CO)cc2)c(OCc2ccc(-c3ccccc3-c3nnn[nH]3)cc2)n1. The van der Waals surface area contributed by atoms with E-state index in [4.69, 9.17) is 14.7 Å². The van der Waals surface area contributed by atoms with Crippen LogP contribution < -0.4 is 4.74 Å². The number of tetrazole rings is 1. The third-order valence-corrected chi connectivity index (χ3v) is 6.98. The van der Waals surface area contributed by atoms with Gasteiger partial charge in [-0.1, -0.05) is 92.6 Å². The summed E-state index contributed by atoms with van der Waals surface area (Å²) in [6.07, 6.45) is 4.87. The van der Waals surface area contributed by atoms with E-state index >= 15 is 0 Å². The van der Waals surface area contributed by atoms with Gasteiger partial charge in [-0.15, -0.1) is 5.10 Å². The van der Waals surface area contributed by atoms with Crippen molar-refractivity contribution in [3.63, 3.8) is 0 Å². The summed E-state index contributed by atoms with van der Waals surface area (Å²) >= 11 is 0. The molecule has 0 aliphatic carbocycles. The fourth-order valence-electron chi connectivity index (χ4n) is 4.71. The first-order valence-corrected chi connectivity index (χ1v) is 13.7. The normalized spacial score (nSPS) is 11.1. The van der Waals surface area contributed by atoms with Gasteiger partial charge in [-0.3, -0.25) is 0 Å². The van der Waals surface area contributed by atoms with Crippen molar-refractivity contribution in [3.8, 4) is 28.4 Å². The van der Waals surface area contributed by atoms with Crippen LogP contribution in [0, 0.1) is 6.92 Å². The van der Waals surface area contributed by atoms with Crippen molar-refractivity contribution in [1.82, 2.24) is 30.6 Å². The second-order valence-electron chi connectivity index (χ2n) is 9.90. The molecule has 0 unspecified atom stereocenters. The summed E-state index contributed by atoms with van der Waals surface area (Å²) in [7, 11) is 0. The van der Waals surface area contributed by atoms with Gasteiger partial charge in [0.2, 0.25) is 5.88 Å². The van der Waals surface area contributed by atoms with Gasteiger partial charge in [0.05, 0.1) is 6.61 Å². The lowest BCUT2D eigenvalue weighted by Crippen LogP contribution is -2.09. The molecule has 5 rings (SSSR count). The lowest BCUT2D eigenvalue weighted by Gasteiger charge is -2.15. The number of ether oxygens (including phenoxy) is 1. The van der Waals surface area contributed by atoms with Crippen LogP contribution in [0.15, 0.2) is 72.8 Å². The number of nitrogens with one attached hydrogen (secondary N) is 1. The van der Waals surface area contributed by atoms with Crippen LogP contribution in [0.4, 0.5) is 0 Å². The number of aromatic nitrogens is 6. The van der Waals surface area contributed by atoms with Crippen molar-refractivity contribution in [2.45, 2.75) is 59.2 Å². The quantitative estimate of drug-likeness (QED) is 0.188. The summed E-state index contributed by atoms with van der Waals surface area (Å²) in [5.41, 5.74) is 8.05. The Kier molecular flexibility index (Phi) is 8.88. The van der Waals surface area contributed by atoms with Crippen LogP contribution >= 0.6 is 0 Å². The number of hydrogen-bond acceptors (Lipinski definition) is 7.